The summed E-state index contributed by atoms with van der Waals surface area (Å²) < 4.78 is 0. The minimum Gasteiger partial charge on any atom is -0.340 e. The zero-order chi connectivity index (χ0) is 24.7. The van der Waals surface area contributed by atoms with E-state index in [-0.39, 0.29) is 11.8 Å². The first-order valence-corrected chi connectivity index (χ1v) is 12.9. The Morgan fingerprint density at radius 1 is 1.03 bits per heavy atom. The van der Waals surface area contributed by atoms with Crippen LogP contribution in [0, 0.1) is 11.3 Å². The van der Waals surface area contributed by atoms with Crippen LogP contribution in [0.25, 0.3) is 11.1 Å². The van der Waals surface area contributed by atoms with Gasteiger partial charge in [0, 0.05) is 19.2 Å². The molecule has 2 aliphatic rings. The van der Waals surface area contributed by atoms with Gasteiger partial charge in [-0.15, -0.1) is 0 Å². The fraction of sp³-hybridized carbons (Fsp3) is 0.517. The van der Waals surface area contributed by atoms with Crippen LogP contribution in [-0.4, -0.2) is 32.0 Å². The van der Waals surface area contributed by atoms with Gasteiger partial charge in [-0.3, -0.25) is 9.59 Å². The third kappa shape index (κ3) is 5.35. The molecule has 0 spiro atoms. The zero-order valence-corrected chi connectivity index (χ0v) is 21.5. The lowest BCUT2D eigenvalue weighted by molar-refractivity contribution is -0.134. The van der Waals surface area contributed by atoms with Crippen molar-refractivity contribution in [1.82, 2.24) is 10.6 Å². The average molecular weight is 464 g/mol. The number of nitrogens with zero attached hydrogens (tertiary/aromatic N) is 1. The first kappa shape index (κ1) is 26.0. The normalized spacial score (nSPS) is 18.5. The summed E-state index contributed by atoms with van der Waals surface area (Å²) in [6.07, 6.45) is 4.94. The number of amides is 2. The highest BCUT2D eigenvalue weighted by Crippen LogP contribution is 2.42. The van der Waals surface area contributed by atoms with E-state index in [1.54, 1.807) is 11.9 Å². The number of para-hydroxylation sites is 1. The Morgan fingerprint density at radius 3 is 2.32 bits per heavy atom. The molecule has 1 atom stereocenters. The van der Waals surface area contributed by atoms with Crippen molar-refractivity contribution < 1.29 is 9.59 Å². The van der Waals surface area contributed by atoms with E-state index in [0.717, 1.165) is 61.0 Å². The van der Waals surface area contributed by atoms with E-state index >= 15 is 0 Å². The summed E-state index contributed by atoms with van der Waals surface area (Å²) in [6, 6.07) is 15.2. The van der Waals surface area contributed by atoms with Crippen molar-refractivity contribution in [3.8, 4) is 11.1 Å². The van der Waals surface area contributed by atoms with Gasteiger partial charge in [-0.05, 0) is 48.9 Å². The maximum Gasteiger partial charge on any atom is 0.253 e. The fourth-order valence-corrected chi connectivity index (χ4v) is 5.11. The molecule has 5 nitrogen and oxygen atoms in total. The van der Waals surface area contributed by atoms with Gasteiger partial charge in [-0.2, -0.15) is 0 Å². The Morgan fingerprint density at radius 2 is 1.65 bits per heavy atom. The van der Waals surface area contributed by atoms with E-state index in [1.807, 2.05) is 62.4 Å². The van der Waals surface area contributed by atoms with Crippen LogP contribution in [0.3, 0.4) is 0 Å². The van der Waals surface area contributed by atoms with Gasteiger partial charge >= 0.3 is 0 Å². The fourth-order valence-electron chi connectivity index (χ4n) is 5.11. The number of likely N-dealkylation sites (N-methyl/N-ethyl adjacent to an activating group) is 1. The van der Waals surface area contributed by atoms with Gasteiger partial charge in [0.15, 0.2) is 0 Å². The Kier molecular flexibility index (Phi) is 8.90. The lowest BCUT2D eigenvalue weighted by Gasteiger charge is -2.31. The van der Waals surface area contributed by atoms with E-state index in [0.29, 0.717) is 12.5 Å². The van der Waals surface area contributed by atoms with Crippen molar-refractivity contribution in [2.75, 3.05) is 25.0 Å². The Balaban J connectivity index is 0.00000158. The lowest BCUT2D eigenvalue weighted by atomic mass is 9.84. The minimum atomic E-state index is -0.691. The molecule has 1 aliphatic carbocycles. The molecule has 2 N–H and O–H groups in total. The third-order valence-corrected chi connectivity index (χ3v) is 7.08. The Bertz CT molecular complexity index is 979. The maximum absolute atomic E-state index is 13.7. The van der Waals surface area contributed by atoms with Gasteiger partial charge in [-0.25, -0.2) is 0 Å². The van der Waals surface area contributed by atoms with E-state index in [1.165, 1.54) is 0 Å². The summed E-state index contributed by atoms with van der Waals surface area (Å²) in [5, 5.41) is 6.72. The van der Waals surface area contributed by atoms with Crippen molar-refractivity contribution in [2.24, 2.45) is 11.3 Å². The molecule has 2 amide bonds. The molecule has 0 saturated heterocycles. The maximum atomic E-state index is 13.7. The molecule has 0 radical (unpaired) electrons. The van der Waals surface area contributed by atoms with Gasteiger partial charge < -0.3 is 15.5 Å². The number of carbonyl (C=O) groups is 2. The first-order chi connectivity index (χ1) is 16.4. The van der Waals surface area contributed by atoms with E-state index in [2.05, 4.69) is 24.5 Å². The van der Waals surface area contributed by atoms with Gasteiger partial charge in [0.25, 0.3) is 5.91 Å². The zero-order valence-electron chi connectivity index (χ0n) is 21.5. The molecule has 0 aromatic heterocycles. The van der Waals surface area contributed by atoms with Crippen LogP contribution in [0.1, 0.15) is 71.4 Å². The van der Waals surface area contributed by atoms with Crippen molar-refractivity contribution in [3.05, 3.63) is 54.1 Å². The predicted molar refractivity (Wildman–Crippen MR) is 141 cm³/mol. The topological polar surface area (TPSA) is 61.4 Å². The molecule has 5 heteroatoms. The van der Waals surface area contributed by atoms with Crippen LogP contribution in [0.2, 0.25) is 0 Å². The molecule has 1 saturated carbocycles. The molecule has 0 bridgehead atoms. The van der Waals surface area contributed by atoms with Crippen molar-refractivity contribution in [1.29, 1.82) is 0 Å². The van der Waals surface area contributed by atoms with E-state index < -0.39 is 11.5 Å². The SMILES string of the molecule is CC.CC(C)CCNCC1(C(=O)NC2C(=O)N(C)c3ccccc3-c3ccccc32)CCCC1. The van der Waals surface area contributed by atoms with Gasteiger partial charge in [0.05, 0.1) is 11.1 Å². The second-order valence-corrected chi connectivity index (χ2v) is 9.75. The van der Waals surface area contributed by atoms with Crippen molar-refractivity contribution >= 4 is 17.5 Å². The molecule has 2 aromatic rings. The number of hydrogen-bond acceptors (Lipinski definition) is 3. The molecular formula is C29H41N3O2. The molecule has 2 aromatic carbocycles. The predicted octanol–water partition coefficient (Wildman–Crippen LogP) is 5.71. The molecular weight excluding hydrogens is 422 g/mol. The smallest absolute Gasteiger partial charge is 0.253 e. The second kappa shape index (κ2) is 11.7. The Labute approximate surface area is 205 Å². The largest absolute Gasteiger partial charge is 0.340 e. The lowest BCUT2D eigenvalue weighted by Crippen LogP contribution is -2.50. The van der Waals surface area contributed by atoms with Crippen LogP contribution in [-0.2, 0) is 9.59 Å². The molecule has 184 valence electrons. The van der Waals surface area contributed by atoms with Crippen LogP contribution in [0.4, 0.5) is 5.69 Å². The monoisotopic (exact) mass is 463 g/mol. The Hall–Kier alpha value is -2.66. The van der Waals surface area contributed by atoms with Gasteiger partial charge in [0.1, 0.15) is 6.04 Å². The summed E-state index contributed by atoms with van der Waals surface area (Å²) in [5.41, 5.74) is 3.31. The summed E-state index contributed by atoms with van der Waals surface area (Å²) >= 11 is 0. The minimum absolute atomic E-state index is 0.000411. The molecule has 1 unspecified atom stereocenters. The highest BCUT2D eigenvalue weighted by Gasteiger charge is 2.43. The third-order valence-electron chi connectivity index (χ3n) is 7.08. The summed E-state index contributed by atoms with van der Waals surface area (Å²) in [7, 11) is 1.80. The average Bonchev–Trinajstić information content (AvgIpc) is 3.33. The number of benzene rings is 2. The molecule has 4 rings (SSSR count). The molecule has 34 heavy (non-hydrogen) atoms. The van der Waals surface area contributed by atoms with Crippen LogP contribution in [0.15, 0.2) is 48.5 Å². The van der Waals surface area contributed by atoms with Gasteiger partial charge in [0.2, 0.25) is 5.91 Å². The summed E-state index contributed by atoms with van der Waals surface area (Å²) in [6.45, 7) is 10.0. The highest BCUT2D eigenvalue weighted by molar-refractivity contribution is 6.06. The van der Waals surface area contributed by atoms with Crippen LogP contribution < -0.4 is 15.5 Å². The number of nitrogens with one attached hydrogen (secondary N) is 2. The number of anilines is 1. The van der Waals surface area contributed by atoms with Crippen LogP contribution >= 0.6 is 0 Å². The summed E-state index contributed by atoms with van der Waals surface area (Å²) in [5.74, 6) is 0.532. The first-order valence-electron chi connectivity index (χ1n) is 12.9. The highest BCUT2D eigenvalue weighted by atomic mass is 16.2. The standard InChI is InChI=1S/C27H35N3O2.C2H6/c1-19(2)14-17-28-18-27(15-8-9-16-27)26(32)29-24-22-12-5-4-10-20(22)21-11-6-7-13-23(21)30(3)25(24)31;1-2/h4-7,10-13,19,24,28H,8-9,14-18H2,1-3H3,(H,29,32);1-2H3. The van der Waals surface area contributed by atoms with E-state index in [9.17, 15) is 9.59 Å². The number of rotatable bonds is 7. The quantitative estimate of drug-likeness (QED) is 0.517. The number of hydrogen-bond donors (Lipinski definition) is 2. The number of fused-ring (bicyclic) bond motifs is 3. The molecule has 1 aliphatic heterocycles. The number of carbonyl (C=O) groups excluding carboxylic acids is 2. The van der Waals surface area contributed by atoms with E-state index in [4.69, 9.17) is 0 Å². The van der Waals surface area contributed by atoms with Gasteiger partial charge in [-0.1, -0.05) is 83.0 Å². The van der Waals surface area contributed by atoms with Crippen molar-refractivity contribution in [3.63, 3.8) is 0 Å². The molecule has 1 heterocycles. The van der Waals surface area contributed by atoms with Crippen LogP contribution in [0.5, 0.6) is 0 Å². The second-order valence-electron chi connectivity index (χ2n) is 9.75. The summed E-state index contributed by atoms with van der Waals surface area (Å²) in [4.78, 5) is 28.9. The molecule has 1 fully saturated rings. The van der Waals surface area contributed by atoms with Crippen molar-refractivity contribution in [2.45, 2.75) is 65.8 Å².